The molecule has 1 aliphatic rings. The van der Waals surface area contributed by atoms with Crippen LogP contribution >= 0.6 is 11.6 Å². The van der Waals surface area contributed by atoms with Gasteiger partial charge in [0, 0.05) is 6.54 Å². The van der Waals surface area contributed by atoms with Crippen molar-refractivity contribution in [2.24, 2.45) is 5.92 Å². The van der Waals surface area contributed by atoms with Gasteiger partial charge in [-0.25, -0.2) is 0 Å². The van der Waals surface area contributed by atoms with Crippen molar-refractivity contribution in [1.82, 2.24) is 5.32 Å². The maximum Gasteiger partial charge on any atom is 0.287 e. The number of hydrogen-bond donors (Lipinski definition) is 1. The molecule has 0 aliphatic heterocycles. The lowest BCUT2D eigenvalue weighted by Gasteiger charge is -2.28. The van der Waals surface area contributed by atoms with Gasteiger partial charge in [0.05, 0.1) is 12.7 Å². The predicted octanol–water partition coefficient (Wildman–Crippen LogP) is 3.26. The molecule has 0 spiro atoms. The van der Waals surface area contributed by atoms with Crippen LogP contribution in [0.25, 0.3) is 0 Å². The Morgan fingerprint density at radius 2 is 2.26 bits per heavy atom. The molecular formula is C14H20ClNO3. The molecule has 0 bridgehead atoms. The topological polar surface area (TPSA) is 51.5 Å². The van der Waals surface area contributed by atoms with E-state index in [-0.39, 0.29) is 16.9 Å². The summed E-state index contributed by atoms with van der Waals surface area (Å²) in [4.78, 5) is 11.7. The van der Waals surface area contributed by atoms with Gasteiger partial charge >= 0.3 is 0 Å². The molecule has 1 aromatic heterocycles. The summed E-state index contributed by atoms with van der Waals surface area (Å²) in [6.07, 6.45) is 5.25. The highest BCUT2D eigenvalue weighted by atomic mass is 35.5. The monoisotopic (exact) mass is 285 g/mol. The number of nitrogens with one attached hydrogen (secondary N) is 1. The minimum Gasteiger partial charge on any atom is -0.440 e. The van der Waals surface area contributed by atoms with Crippen LogP contribution in [-0.4, -0.2) is 25.2 Å². The van der Waals surface area contributed by atoms with Crippen LogP contribution in [0.3, 0.4) is 0 Å². The van der Waals surface area contributed by atoms with E-state index < -0.39 is 0 Å². The number of furan rings is 1. The van der Waals surface area contributed by atoms with Gasteiger partial charge in [-0.2, -0.15) is 0 Å². The van der Waals surface area contributed by atoms with Gasteiger partial charge in [0.25, 0.3) is 5.91 Å². The van der Waals surface area contributed by atoms with E-state index >= 15 is 0 Å². The summed E-state index contributed by atoms with van der Waals surface area (Å²) in [7, 11) is 0. The Balaban J connectivity index is 1.65. The van der Waals surface area contributed by atoms with E-state index in [0.29, 0.717) is 25.2 Å². The maximum atomic E-state index is 11.7. The van der Waals surface area contributed by atoms with E-state index in [4.69, 9.17) is 20.8 Å². The molecule has 0 unspecified atom stereocenters. The minimum absolute atomic E-state index is 0.220. The summed E-state index contributed by atoms with van der Waals surface area (Å²) >= 11 is 5.61. The molecule has 1 aromatic rings. The summed E-state index contributed by atoms with van der Waals surface area (Å²) < 4.78 is 10.8. The van der Waals surface area contributed by atoms with Crippen molar-refractivity contribution in [3.05, 3.63) is 23.1 Å². The molecule has 0 aromatic carbocycles. The van der Waals surface area contributed by atoms with Gasteiger partial charge in [0.1, 0.15) is 0 Å². The summed E-state index contributed by atoms with van der Waals surface area (Å²) in [5.74, 6) is 0.594. The molecule has 0 saturated heterocycles. The average Bonchev–Trinajstić information content (AvgIpc) is 2.83. The number of halogens is 1. The van der Waals surface area contributed by atoms with Gasteiger partial charge in [-0.3, -0.25) is 4.79 Å². The molecule has 4 nitrogen and oxygen atoms in total. The number of carbonyl (C=O) groups excluding carboxylic acids is 1. The molecule has 1 N–H and O–H groups in total. The van der Waals surface area contributed by atoms with Crippen LogP contribution in [0.2, 0.25) is 5.22 Å². The fourth-order valence-corrected chi connectivity index (χ4v) is 2.57. The lowest BCUT2D eigenvalue weighted by Crippen LogP contribution is -2.31. The van der Waals surface area contributed by atoms with Crippen molar-refractivity contribution in [2.75, 3.05) is 13.2 Å². The molecule has 0 radical (unpaired) electrons. The molecule has 2 atom stereocenters. The van der Waals surface area contributed by atoms with E-state index in [9.17, 15) is 4.79 Å². The molecule has 106 valence electrons. The molecule has 5 heteroatoms. The number of rotatable bonds is 5. The summed E-state index contributed by atoms with van der Waals surface area (Å²) in [6, 6.07) is 3.11. The Hall–Kier alpha value is -1.00. The normalized spacial score (nSPS) is 23.3. The van der Waals surface area contributed by atoms with E-state index in [1.165, 1.54) is 19.3 Å². The molecule has 19 heavy (non-hydrogen) atoms. The zero-order valence-corrected chi connectivity index (χ0v) is 11.9. The third-order valence-electron chi connectivity index (χ3n) is 3.55. The van der Waals surface area contributed by atoms with Gasteiger partial charge in [-0.05, 0) is 42.5 Å². The highest BCUT2D eigenvalue weighted by molar-refractivity contribution is 6.29. The zero-order valence-electron chi connectivity index (χ0n) is 11.2. The van der Waals surface area contributed by atoms with Crippen LogP contribution in [0.4, 0.5) is 0 Å². The number of carbonyl (C=O) groups is 1. The second-order valence-electron chi connectivity index (χ2n) is 5.03. The van der Waals surface area contributed by atoms with Crippen molar-refractivity contribution in [1.29, 1.82) is 0 Å². The van der Waals surface area contributed by atoms with E-state index in [1.54, 1.807) is 12.1 Å². The smallest absolute Gasteiger partial charge is 0.287 e. The molecule has 1 aliphatic carbocycles. The molecular weight excluding hydrogens is 266 g/mol. The lowest BCUT2D eigenvalue weighted by atomic mass is 9.88. The van der Waals surface area contributed by atoms with Gasteiger partial charge in [0.15, 0.2) is 11.0 Å². The second-order valence-corrected chi connectivity index (χ2v) is 5.40. The number of amides is 1. The van der Waals surface area contributed by atoms with Crippen LogP contribution in [0.15, 0.2) is 16.5 Å². The van der Waals surface area contributed by atoms with Crippen molar-refractivity contribution in [2.45, 2.75) is 38.7 Å². The first-order valence-electron chi connectivity index (χ1n) is 6.82. The number of ether oxygens (including phenoxy) is 1. The first-order valence-corrected chi connectivity index (χ1v) is 7.20. The van der Waals surface area contributed by atoms with Gasteiger partial charge in [0.2, 0.25) is 0 Å². The maximum absolute atomic E-state index is 11.7. The van der Waals surface area contributed by atoms with Crippen LogP contribution in [0.1, 0.15) is 43.2 Å². The Bertz CT molecular complexity index is 419. The van der Waals surface area contributed by atoms with Crippen LogP contribution < -0.4 is 5.32 Å². The Labute approximate surface area is 118 Å². The van der Waals surface area contributed by atoms with Crippen LogP contribution in [0.5, 0.6) is 0 Å². The van der Waals surface area contributed by atoms with Gasteiger partial charge < -0.3 is 14.5 Å². The standard InChI is InChI=1S/C14H20ClNO3/c1-10-4-2-3-5-11(10)18-9-8-16-14(17)12-6-7-13(15)19-12/h6-7,10-11H,2-5,8-9H2,1H3,(H,16,17)/t10-,11-/m1/s1. The Kier molecular flexibility index (Phi) is 5.28. The SMILES string of the molecule is C[C@@H]1CCCC[C@H]1OCCNC(=O)c1ccc(Cl)o1. The Morgan fingerprint density at radius 3 is 2.95 bits per heavy atom. The fraction of sp³-hybridized carbons (Fsp3) is 0.643. The highest BCUT2D eigenvalue weighted by Gasteiger charge is 2.21. The Morgan fingerprint density at radius 1 is 1.47 bits per heavy atom. The summed E-state index contributed by atoms with van der Waals surface area (Å²) in [6.45, 7) is 3.25. The largest absolute Gasteiger partial charge is 0.440 e. The fourth-order valence-electron chi connectivity index (χ4n) is 2.43. The van der Waals surface area contributed by atoms with E-state index in [2.05, 4.69) is 12.2 Å². The molecule has 1 saturated carbocycles. The quantitative estimate of drug-likeness (QED) is 0.845. The second kappa shape index (κ2) is 6.96. The van der Waals surface area contributed by atoms with E-state index in [1.807, 2.05) is 0 Å². The third-order valence-corrected chi connectivity index (χ3v) is 3.75. The van der Waals surface area contributed by atoms with Crippen molar-refractivity contribution >= 4 is 17.5 Å². The van der Waals surface area contributed by atoms with Crippen molar-refractivity contribution < 1.29 is 13.9 Å². The predicted molar refractivity (Wildman–Crippen MR) is 73.4 cm³/mol. The average molecular weight is 286 g/mol. The van der Waals surface area contributed by atoms with Crippen LogP contribution in [0, 0.1) is 5.92 Å². The molecule has 1 heterocycles. The lowest BCUT2D eigenvalue weighted by molar-refractivity contribution is -0.00300. The summed E-state index contributed by atoms with van der Waals surface area (Å²) in [5.41, 5.74) is 0. The van der Waals surface area contributed by atoms with Gasteiger partial charge in [-0.1, -0.05) is 19.8 Å². The van der Waals surface area contributed by atoms with Crippen molar-refractivity contribution in [3.8, 4) is 0 Å². The first-order chi connectivity index (χ1) is 9.16. The molecule has 1 amide bonds. The van der Waals surface area contributed by atoms with E-state index in [0.717, 1.165) is 6.42 Å². The molecule has 2 rings (SSSR count). The third kappa shape index (κ3) is 4.25. The van der Waals surface area contributed by atoms with Crippen LogP contribution in [-0.2, 0) is 4.74 Å². The molecule has 1 fully saturated rings. The number of hydrogen-bond acceptors (Lipinski definition) is 3. The highest BCUT2D eigenvalue weighted by Crippen LogP contribution is 2.25. The summed E-state index contributed by atoms with van der Waals surface area (Å²) in [5, 5.41) is 2.97. The minimum atomic E-state index is -0.257. The van der Waals surface area contributed by atoms with Crippen molar-refractivity contribution in [3.63, 3.8) is 0 Å². The first kappa shape index (κ1) is 14.4. The van der Waals surface area contributed by atoms with Gasteiger partial charge in [-0.15, -0.1) is 0 Å². The zero-order chi connectivity index (χ0) is 13.7.